The number of amides is 1. The van der Waals surface area contributed by atoms with Crippen molar-refractivity contribution in [3.05, 3.63) is 101 Å². The lowest BCUT2D eigenvalue weighted by Crippen LogP contribution is -2.24. The zero-order valence-electron chi connectivity index (χ0n) is 20.2. The first-order valence-corrected chi connectivity index (χ1v) is 12.5. The highest BCUT2D eigenvalue weighted by molar-refractivity contribution is 6.35. The van der Waals surface area contributed by atoms with Crippen molar-refractivity contribution < 1.29 is 23.8 Å². The van der Waals surface area contributed by atoms with Crippen LogP contribution in [-0.2, 0) is 9.59 Å². The fourth-order valence-corrected chi connectivity index (χ4v) is 3.88. The van der Waals surface area contributed by atoms with Crippen molar-refractivity contribution in [3.8, 4) is 17.2 Å². The predicted molar refractivity (Wildman–Crippen MR) is 148 cm³/mol. The molecule has 0 saturated heterocycles. The number of fused-ring (bicyclic) bond motifs is 1. The van der Waals surface area contributed by atoms with Crippen LogP contribution in [0.4, 0.5) is 0 Å². The number of benzene rings is 4. The van der Waals surface area contributed by atoms with Gasteiger partial charge in [0, 0.05) is 11.4 Å². The second-order valence-corrected chi connectivity index (χ2v) is 9.00. The van der Waals surface area contributed by atoms with E-state index in [9.17, 15) is 9.59 Å². The largest absolute Gasteiger partial charge is 0.492 e. The van der Waals surface area contributed by atoms with Crippen LogP contribution in [0.2, 0.25) is 10.0 Å². The Morgan fingerprint density at radius 3 is 2.39 bits per heavy atom. The third-order valence-corrected chi connectivity index (χ3v) is 5.81. The lowest BCUT2D eigenvalue weighted by Gasteiger charge is -2.08. The van der Waals surface area contributed by atoms with Crippen molar-refractivity contribution in [2.24, 2.45) is 5.10 Å². The molecule has 0 heterocycles. The van der Waals surface area contributed by atoms with E-state index >= 15 is 0 Å². The van der Waals surface area contributed by atoms with Crippen LogP contribution in [0.3, 0.4) is 0 Å². The Morgan fingerprint density at radius 2 is 1.61 bits per heavy atom. The molecule has 0 fully saturated rings. The van der Waals surface area contributed by atoms with Crippen molar-refractivity contribution in [2.75, 3.05) is 13.2 Å². The van der Waals surface area contributed by atoms with Crippen molar-refractivity contribution in [3.63, 3.8) is 0 Å². The summed E-state index contributed by atoms with van der Waals surface area (Å²) in [6, 6.07) is 25.2. The molecule has 0 aliphatic rings. The van der Waals surface area contributed by atoms with Gasteiger partial charge in [-0.2, -0.15) is 5.10 Å². The molecule has 4 rings (SSSR count). The highest BCUT2D eigenvalue weighted by Gasteiger charge is 2.07. The van der Waals surface area contributed by atoms with Gasteiger partial charge in [0.1, 0.15) is 17.2 Å². The van der Waals surface area contributed by atoms with Gasteiger partial charge in [0.15, 0.2) is 6.61 Å². The van der Waals surface area contributed by atoms with Gasteiger partial charge in [0.25, 0.3) is 5.91 Å². The van der Waals surface area contributed by atoms with E-state index in [1.165, 1.54) is 6.21 Å². The van der Waals surface area contributed by atoms with Crippen molar-refractivity contribution in [2.45, 2.75) is 12.8 Å². The minimum Gasteiger partial charge on any atom is -0.492 e. The molecule has 0 atom stereocenters. The number of ether oxygens (including phenoxy) is 3. The van der Waals surface area contributed by atoms with Gasteiger partial charge in [-0.1, -0.05) is 53.5 Å². The molecule has 0 spiro atoms. The van der Waals surface area contributed by atoms with Crippen molar-refractivity contribution in [1.82, 2.24) is 5.43 Å². The molecule has 0 radical (unpaired) electrons. The molecule has 9 heteroatoms. The summed E-state index contributed by atoms with van der Waals surface area (Å²) in [5, 5.41) is 7.01. The number of nitrogens with zero attached hydrogens (tertiary/aromatic N) is 1. The SMILES string of the molecule is O=C(COc1ccc2ccccc2c1)N/N=C\c1ccc(OC(=O)CCCOc2ccc(Cl)cc2Cl)cc1. The maximum atomic E-state index is 12.1. The van der Waals surface area contributed by atoms with E-state index in [1.807, 2.05) is 42.5 Å². The number of hydrazone groups is 1. The highest BCUT2D eigenvalue weighted by atomic mass is 35.5. The zero-order chi connectivity index (χ0) is 26.7. The maximum absolute atomic E-state index is 12.1. The van der Waals surface area contributed by atoms with Gasteiger partial charge < -0.3 is 14.2 Å². The molecule has 0 bridgehead atoms. The number of halogens is 2. The van der Waals surface area contributed by atoms with E-state index in [4.69, 9.17) is 37.4 Å². The molecular weight excluding hydrogens is 527 g/mol. The Balaban J connectivity index is 1.14. The fourth-order valence-electron chi connectivity index (χ4n) is 3.41. The normalized spacial score (nSPS) is 10.9. The summed E-state index contributed by atoms with van der Waals surface area (Å²) >= 11 is 11.9. The Kier molecular flexibility index (Phi) is 9.56. The average Bonchev–Trinajstić information content (AvgIpc) is 2.92. The van der Waals surface area contributed by atoms with E-state index in [0.717, 1.165) is 10.8 Å². The quantitative estimate of drug-likeness (QED) is 0.0763. The number of nitrogens with one attached hydrogen (secondary N) is 1. The van der Waals surface area contributed by atoms with E-state index in [2.05, 4.69) is 10.5 Å². The first-order chi connectivity index (χ1) is 18.5. The topological polar surface area (TPSA) is 86.2 Å². The van der Waals surface area contributed by atoms with Crippen LogP contribution in [-0.4, -0.2) is 31.3 Å². The molecule has 4 aromatic rings. The van der Waals surface area contributed by atoms with Crippen LogP contribution in [0, 0.1) is 0 Å². The first kappa shape index (κ1) is 27.0. The second kappa shape index (κ2) is 13.5. The van der Waals surface area contributed by atoms with Crippen LogP contribution in [0.5, 0.6) is 17.2 Å². The summed E-state index contributed by atoms with van der Waals surface area (Å²) in [6.45, 7) is 0.146. The Hall–Kier alpha value is -4.07. The number of hydrogen-bond acceptors (Lipinski definition) is 6. The summed E-state index contributed by atoms with van der Waals surface area (Å²) in [5.41, 5.74) is 3.14. The van der Waals surface area contributed by atoms with Gasteiger partial charge in [-0.05, 0) is 77.4 Å². The van der Waals surface area contributed by atoms with Gasteiger partial charge in [0.2, 0.25) is 0 Å². The van der Waals surface area contributed by atoms with E-state index in [0.29, 0.717) is 45.9 Å². The third kappa shape index (κ3) is 8.23. The molecule has 1 amide bonds. The number of hydrogen-bond donors (Lipinski definition) is 1. The fraction of sp³-hybridized carbons (Fsp3) is 0.138. The summed E-state index contributed by atoms with van der Waals surface area (Å²) in [6.07, 6.45) is 2.13. The Bertz CT molecular complexity index is 1440. The summed E-state index contributed by atoms with van der Waals surface area (Å²) in [7, 11) is 0. The van der Waals surface area contributed by atoms with Crippen LogP contribution in [0.15, 0.2) is 90.0 Å². The van der Waals surface area contributed by atoms with E-state index < -0.39 is 0 Å². The lowest BCUT2D eigenvalue weighted by atomic mass is 10.1. The van der Waals surface area contributed by atoms with E-state index in [1.54, 1.807) is 42.5 Å². The zero-order valence-corrected chi connectivity index (χ0v) is 21.7. The van der Waals surface area contributed by atoms with Gasteiger partial charge in [-0.15, -0.1) is 0 Å². The number of rotatable bonds is 11. The first-order valence-electron chi connectivity index (χ1n) is 11.8. The van der Waals surface area contributed by atoms with Gasteiger partial charge in [-0.3, -0.25) is 9.59 Å². The highest BCUT2D eigenvalue weighted by Crippen LogP contribution is 2.27. The van der Waals surface area contributed by atoms with Crippen LogP contribution in [0.25, 0.3) is 10.8 Å². The van der Waals surface area contributed by atoms with Crippen LogP contribution in [0.1, 0.15) is 18.4 Å². The summed E-state index contributed by atoms with van der Waals surface area (Å²) in [5.74, 6) is 0.751. The Labute approximate surface area is 229 Å². The monoisotopic (exact) mass is 550 g/mol. The molecule has 0 aliphatic carbocycles. The van der Waals surface area contributed by atoms with Crippen LogP contribution >= 0.6 is 23.2 Å². The van der Waals surface area contributed by atoms with Gasteiger partial charge in [-0.25, -0.2) is 5.43 Å². The molecule has 0 aliphatic heterocycles. The molecular formula is C29H24Cl2N2O5. The number of carbonyl (C=O) groups is 2. The van der Waals surface area contributed by atoms with Gasteiger partial charge >= 0.3 is 5.97 Å². The number of carbonyl (C=O) groups excluding carboxylic acids is 2. The molecule has 38 heavy (non-hydrogen) atoms. The smallest absolute Gasteiger partial charge is 0.311 e. The molecule has 4 aromatic carbocycles. The van der Waals surface area contributed by atoms with Crippen molar-refractivity contribution in [1.29, 1.82) is 0 Å². The number of esters is 1. The molecule has 7 nitrogen and oxygen atoms in total. The lowest BCUT2D eigenvalue weighted by molar-refractivity contribution is -0.134. The minimum absolute atomic E-state index is 0.164. The third-order valence-electron chi connectivity index (χ3n) is 5.28. The summed E-state index contributed by atoms with van der Waals surface area (Å²) < 4.78 is 16.4. The molecule has 0 unspecified atom stereocenters. The molecule has 0 saturated carbocycles. The summed E-state index contributed by atoms with van der Waals surface area (Å²) in [4.78, 5) is 24.1. The standard InChI is InChI=1S/C29H24Cl2N2O5/c30-23-10-14-27(26(31)17-23)36-15-3-6-29(35)38-24-11-7-20(8-12-24)18-32-33-28(34)19-37-25-13-9-21-4-1-2-5-22(21)16-25/h1-2,4-5,7-14,16-18H,3,6,15,19H2,(H,33,34)/b32-18-. The van der Waals surface area contributed by atoms with Gasteiger partial charge in [0.05, 0.1) is 17.8 Å². The van der Waals surface area contributed by atoms with E-state index in [-0.39, 0.29) is 24.9 Å². The second-order valence-electron chi connectivity index (χ2n) is 8.16. The molecule has 1 N–H and O–H groups in total. The maximum Gasteiger partial charge on any atom is 0.311 e. The van der Waals surface area contributed by atoms with Crippen LogP contribution < -0.4 is 19.6 Å². The Morgan fingerprint density at radius 1 is 0.842 bits per heavy atom. The molecule has 0 aromatic heterocycles. The average molecular weight is 551 g/mol. The minimum atomic E-state index is -0.387. The molecule has 194 valence electrons. The van der Waals surface area contributed by atoms with Crippen molar-refractivity contribution >= 4 is 52.1 Å². The predicted octanol–water partition coefficient (Wildman–Crippen LogP) is 6.44.